The summed E-state index contributed by atoms with van der Waals surface area (Å²) in [5.41, 5.74) is 2.75. The number of rotatable bonds is 7. The molecule has 0 N–H and O–H groups in total. The largest absolute Gasteiger partial charge is 0.375 e. The molecule has 0 bridgehead atoms. The van der Waals surface area contributed by atoms with E-state index < -0.39 is 0 Å². The third-order valence-corrected chi connectivity index (χ3v) is 5.30. The molecule has 1 aliphatic rings. The van der Waals surface area contributed by atoms with Crippen LogP contribution in [0, 0.1) is 5.82 Å². The minimum absolute atomic E-state index is 0.0382. The molecule has 0 radical (unpaired) electrons. The minimum Gasteiger partial charge on any atom is -0.375 e. The van der Waals surface area contributed by atoms with Gasteiger partial charge in [0.2, 0.25) is 11.7 Å². The Balaban J connectivity index is 1.31. The van der Waals surface area contributed by atoms with Gasteiger partial charge < -0.3 is 14.2 Å². The van der Waals surface area contributed by atoms with Crippen LogP contribution in [0.2, 0.25) is 0 Å². The monoisotopic (exact) mass is 424 g/mol. The Morgan fingerprint density at radius 3 is 2.65 bits per heavy atom. The molecule has 1 saturated heterocycles. The summed E-state index contributed by atoms with van der Waals surface area (Å²) in [7, 11) is 1.58. The van der Waals surface area contributed by atoms with Crippen LogP contribution in [-0.2, 0) is 29.1 Å². The smallest absolute Gasteiger partial charge is 0.252 e. The van der Waals surface area contributed by atoms with Crippen LogP contribution in [0.1, 0.15) is 17.0 Å². The predicted molar refractivity (Wildman–Crippen MR) is 112 cm³/mol. The van der Waals surface area contributed by atoms with E-state index in [-0.39, 0.29) is 24.8 Å². The summed E-state index contributed by atoms with van der Waals surface area (Å²) in [6.07, 6.45) is 0.232. The molecule has 0 atom stereocenters. The molecule has 1 amide bonds. The normalized spacial score (nSPS) is 14.7. The fourth-order valence-corrected chi connectivity index (χ4v) is 3.71. The number of halogens is 1. The van der Waals surface area contributed by atoms with Crippen molar-refractivity contribution in [3.8, 4) is 11.4 Å². The molecule has 8 heteroatoms. The number of carbonyl (C=O) groups is 1. The lowest BCUT2D eigenvalue weighted by Crippen LogP contribution is -2.48. The summed E-state index contributed by atoms with van der Waals surface area (Å²) in [4.78, 5) is 21.1. The van der Waals surface area contributed by atoms with Crippen molar-refractivity contribution in [2.45, 2.75) is 19.6 Å². The average molecular weight is 424 g/mol. The van der Waals surface area contributed by atoms with Crippen LogP contribution in [0.15, 0.2) is 53.1 Å². The number of methoxy groups -OCH3 is 1. The highest BCUT2D eigenvalue weighted by molar-refractivity contribution is 5.78. The Labute approximate surface area is 180 Å². The van der Waals surface area contributed by atoms with E-state index >= 15 is 0 Å². The maximum absolute atomic E-state index is 13.3. The lowest BCUT2D eigenvalue weighted by molar-refractivity contribution is -0.132. The van der Waals surface area contributed by atoms with Gasteiger partial charge >= 0.3 is 0 Å². The van der Waals surface area contributed by atoms with Crippen molar-refractivity contribution in [2.24, 2.45) is 0 Å². The number of benzene rings is 2. The maximum atomic E-state index is 13.3. The minimum atomic E-state index is -0.312. The van der Waals surface area contributed by atoms with Crippen LogP contribution in [-0.4, -0.2) is 59.1 Å². The van der Waals surface area contributed by atoms with Gasteiger partial charge in [-0.2, -0.15) is 4.98 Å². The van der Waals surface area contributed by atoms with Crippen LogP contribution < -0.4 is 0 Å². The number of hydrogen-bond acceptors (Lipinski definition) is 6. The van der Waals surface area contributed by atoms with Crippen LogP contribution in [0.4, 0.5) is 4.39 Å². The highest BCUT2D eigenvalue weighted by Gasteiger charge is 2.21. The zero-order valence-corrected chi connectivity index (χ0v) is 17.5. The number of hydrogen-bond donors (Lipinski definition) is 0. The van der Waals surface area contributed by atoms with Crippen molar-refractivity contribution < 1.29 is 18.4 Å². The van der Waals surface area contributed by atoms with Crippen LogP contribution in [0.25, 0.3) is 11.4 Å². The van der Waals surface area contributed by atoms with E-state index in [0.717, 1.165) is 30.8 Å². The molecule has 2 heterocycles. The zero-order chi connectivity index (χ0) is 21.6. The van der Waals surface area contributed by atoms with E-state index in [2.05, 4.69) is 27.2 Å². The summed E-state index contributed by atoms with van der Waals surface area (Å²) in [5, 5.41) is 4.01. The number of nitrogens with zero attached hydrogens (tertiary/aromatic N) is 4. The summed E-state index contributed by atoms with van der Waals surface area (Å²) < 4.78 is 23.5. The van der Waals surface area contributed by atoms with Gasteiger partial charge in [0, 0.05) is 45.4 Å². The van der Waals surface area contributed by atoms with Crippen molar-refractivity contribution >= 4 is 5.91 Å². The summed E-state index contributed by atoms with van der Waals surface area (Å²) in [5.74, 6) is 0.716. The average Bonchev–Trinajstić information content (AvgIpc) is 3.23. The fourth-order valence-electron chi connectivity index (χ4n) is 3.71. The Bertz CT molecular complexity index is 1030. The first kappa shape index (κ1) is 21.1. The first-order chi connectivity index (χ1) is 15.1. The number of ether oxygens (including phenoxy) is 1. The number of amides is 1. The second kappa shape index (κ2) is 9.80. The third kappa shape index (κ3) is 5.53. The van der Waals surface area contributed by atoms with E-state index in [1.54, 1.807) is 19.2 Å². The molecule has 0 saturated carbocycles. The van der Waals surface area contributed by atoms with Gasteiger partial charge in [-0.15, -0.1) is 0 Å². The quantitative estimate of drug-likeness (QED) is 0.581. The van der Waals surface area contributed by atoms with E-state index in [4.69, 9.17) is 9.26 Å². The van der Waals surface area contributed by atoms with E-state index in [0.29, 0.717) is 30.4 Å². The third-order valence-electron chi connectivity index (χ3n) is 5.30. The number of piperazine rings is 1. The second-order valence-corrected chi connectivity index (χ2v) is 7.61. The SMILES string of the molecule is COCc1nc(-c2cccc(CN3CCN(C(=O)Cc4cccc(F)c4)CC3)c2)no1. The number of carbonyl (C=O) groups excluding carboxylic acids is 1. The van der Waals surface area contributed by atoms with Gasteiger partial charge in [-0.1, -0.05) is 35.5 Å². The highest BCUT2D eigenvalue weighted by Crippen LogP contribution is 2.19. The molecule has 7 nitrogen and oxygen atoms in total. The van der Waals surface area contributed by atoms with E-state index in [1.807, 2.05) is 17.0 Å². The molecular weight excluding hydrogens is 399 g/mol. The molecular formula is C23H25FN4O3. The van der Waals surface area contributed by atoms with Gasteiger partial charge in [-0.25, -0.2) is 4.39 Å². The van der Waals surface area contributed by atoms with E-state index in [9.17, 15) is 9.18 Å². The standard InChI is InChI=1S/C23H25FN4O3/c1-30-16-21-25-23(26-31-21)19-6-2-5-18(12-19)15-27-8-10-28(11-9-27)22(29)14-17-4-3-7-20(24)13-17/h2-7,12-13H,8-11,14-16H2,1H3. The molecule has 1 aliphatic heterocycles. The second-order valence-electron chi connectivity index (χ2n) is 7.61. The molecule has 1 aromatic heterocycles. The van der Waals surface area contributed by atoms with Gasteiger partial charge in [0.05, 0.1) is 6.42 Å². The molecule has 4 rings (SSSR count). The lowest BCUT2D eigenvalue weighted by Gasteiger charge is -2.35. The highest BCUT2D eigenvalue weighted by atomic mass is 19.1. The Kier molecular flexibility index (Phi) is 6.69. The molecule has 2 aromatic carbocycles. The lowest BCUT2D eigenvalue weighted by atomic mass is 10.1. The van der Waals surface area contributed by atoms with Gasteiger partial charge in [0.15, 0.2) is 0 Å². The number of aromatic nitrogens is 2. The van der Waals surface area contributed by atoms with Crippen LogP contribution in [0.5, 0.6) is 0 Å². The predicted octanol–water partition coefficient (Wildman–Crippen LogP) is 2.91. The Morgan fingerprint density at radius 2 is 1.87 bits per heavy atom. The van der Waals surface area contributed by atoms with Gasteiger partial charge in [-0.05, 0) is 29.3 Å². The topological polar surface area (TPSA) is 71.7 Å². The van der Waals surface area contributed by atoms with Gasteiger partial charge in [0.25, 0.3) is 5.89 Å². The van der Waals surface area contributed by atoms with Crippen molar-refractivity contribution in [1.82, 2.24) is 19.9 Å². The summed E-state index contributed by atoms with van der Waals surface area (Å²) >= 11 is 0. The van der Waals surface area contributed by atoms with Crippen molar-refractivity contribution in [3.05, 3.63) is 71.4 Å². The fraction of sp³-hybridized carbons (Fsp3) is 0.348. The summed E-state index contributed by atoms with van der Waals surface area (Å²) in [6.45, 7) is 3.98. The first-order valence-electron chi connectivity index (χ1n) is 10.3. The Morgan fingerprint density at radius 1 is 1.10 bits per heavy atom. The summed E-state index contributed by atoms with van der Waals surface area (Å²) in [6, 6.07) is 14.3. The molecule has 3 aromatic rings. The molecule has 162 valence electrons. The van der Waals surface area contributed by atoms with E-state index in [1.165, 1.54) is 12.1 Å². The van der Waals surface area contributed by atoms with Crippen LogP contribution >= 0.6 is 0 Å². The van der Waals surface area contributed by atoms with Gasteiger partial charge in [0.1, 0.15) is 12.4 Å². The molecule has 0 aliphatic carbocycles. The van der Waals surface area contributed by atoms with Crippen molar-refractivity contribution in [3.63, 3.8) is 0 Å². The maximum Gasteiger partial charge on any atom is 0.252 e. The van der Waals surface area contributed by atoms with Gasteiger partial charge in [-0.3, -0.25) is 9.69 Å². The van der Waals surface area contributed by atoms with Crippen molar-refractivity contribution in [2.75, 3.05) is 33.3 Å². The molecule has 31 heavy (non-hydrogen) atoms. The van der Waals surface area contributed by atoms with Crippen LogP contribution in [0.3, 0.4) is 0 Å². The Hall–Kier alpha value is -3.10. The molecule has 0 unspecified atom stereocenters. The zero-order valence-electron chi connectivity index (χ0n) is 17.5. The molecule has 1 fully saturated rings. The van der Waals surface area contributed by atoms with Crippen molar-refractivity contribution in [1.29, 1.82) is 0 Å². The molecule has 0 spiro atoms. The first-order valence-corrected chi connectivity index (χ1v) is 10.3.